The summed E-state index contributed by atoms with van der Waals surface area (Å²) in [6.07, 6.45) is 1.82. The summed E-state index contributed by atoms with van der Waals surface area (Å²) in [4.78, 5) is 23.3. The molecule has 1 unspecified atom stereocenters. The molecule has 3 heterocycles. The van der Waals surface area contributed by atoms with Crippen LogP contribution >= 0.6 is 0 Å². The normalized spacial score (nSPS) is 17.2. The first-order valence-electron chi connectivity index (χ1n) is 9.44. The summed E-state index contributed by atoms with van der Waals surface area (Å²) in [5.74, 6) is -0.716. The highest BCUT2D eigenvalue weighted by Gasteiger charge is 2.28. The van der Waals surface area contributed by atoms with E-state index in [1.54, 1.807) is 26.0 Å². The summed E-state index contributed by atoms with van der Waals surface area (Å²) in [6.45, 7) is 8.21. The predicted octanol–water partition coefficient (Wildman–Crippen LogP) is 3.15. The second-order valence-corrected chi connectivity index (χ2v) is 7.76. The highest BCUT2D eigenvalue weighted by Crippen LogP contribution is 2.26. The average molecular weight is 401 g/mol. The number of rotatable bonds is 6. The van der Waals surface area contributed by atoms with Gasteiger partial charge in [0.05, 0.1) is 5.56 Å². The molecule has 2 aromatic rings. The van der Waals surface area contributed by atoms with Crippen LogP contribution in [-0.2, 0) is 0 Å². The molecule has 8 heteroatoms. The van der Waals surface area contributed by atoms with Gasteiger partial charge in [0, 0.05) is 37.4 Å². The van der Waals surface area contributed by atoms with Crippen LogP contribution in [0.15, 0.2) is 37.0 Å². The molecular formula is C21H25F2N5O. The van der Waals surface area contributed by atoms with Crippen LogP contribution in [0.4, 0.5) is 20.4 Å². The fourth-order valence-corrected chi connectivity index (χ4v) is 3.51. The van der Waals surface area contributed by atoms with Gasteiger partial charge in [-0.25, -0.2) is 18.7 Å². The number of hydrogen-bond donors (Lipinski definition) is 2. The number of ketones is 1. The van der Waals surface area contributed by atoms with Crippen molar-refractivity contribution in [2.45, 2.75) is 32.0 Å². The molecule has 6 nitrogen and oxygen atoms in total. The van der Waals surface area contributed by atoms with Crippen molar-refractivity contribution in [2.75, 3.05) is 30.3 Å². The minimum absolute atomic E-state index is 0.0126. The lowest BCUT2D eigenvalue weighted by Gasteiger charge is -2.36. The fraction of sp³-hybridized carbons (Fsp3) is 0.381. The first-order valence-corrected chi connectivity index (χ1v) is 9.44. The van der Waals surface area contributed by atoms with Crippen LogP contribution in [0.5, 0.6) is 0 Å². The number of hydrogen-bond acceptors (Lipinski definition) is 6. The van der Waals surface area contributed by atoms with E-state index >= 15 is 0 Å². The molecule has 3 N–H and O–H groups in total. The predicted molar refractivity (Wildman–Crippen MR) is 110 cm³/mol. The number of alkyl halides is 1. The Morgan fingerprint density at radius 2 is 2.14 bits per heavy atom. The third-order valence-corrected chi connectivity index (χ3v) is 4.78. The number of pyridine rings is 2. The second kappa shape index (κ2) is 8.24. The van der Waals surface area contributed by atoms with Gasteiger partial charge in [-0.05, 0) is 44.5 Å². The number of nitrogens with zero attached hydrogens (tertiary/aromatic N) is 3. The van der Waals surface area contributed by atoms with E-state index in [2.05, 4.69) is 21.9 Å². The van der Waals surface area contributed by atoms with Crippen molar-refractivity contribution in [3.05, 3.63) is 53.9 Å². The molecule has 0 spiro atoms. The molecule has 0 bridgehead atoms. The lowest BCUT2D eigenvalue weighted by molar-refractivity contribution is 0.103. The Morgan fingerprint density at radius 3 is 2.79 bits per heavy atom. The monoisotopic (exact) mass is 401 g/mol. The Balaban J connectivity index is 1.94. The van der Waals surface area contributed by atoms with Crippen molar-refractivity contribution in [1.29, 1.82) is 0 Å². The van der Waals surface area contributed by atoms with Crippen molar-refractivity contribution in [1.82, 2.24) is 15.3 Å². The molecular weight excluding hydrogens is 376 g/mol. The maximum absolute atomic E-state index is 14.1. The SMILES string of the molecule is C=C(F)c1ccc(N2CCNC(CC(C)(C)F)C2)nc1C(=O)c1cccnc1N. The van der Waals surface area contributed by atoms with Crippen LogP contribution < -0.4 is 16.0 Å². The van der Waals surface area contributed by atoms with E-state index in [0.717, 1.165) is 0 Å². The summed E-state index contributed by atoms with van der Waals surface area (Å²) in [5.41, 5.74) is 4.60. The number of nitrogens with two attached hydrogens (primary N) is 1. The maximum Gasteiger partial charge on any atom is 0.215 e. The number of carbonyl (C=O) groups excluding carboxylic acids is 1. The zero-order chi connectivity index (χ0) is 21.2. The zero-order valence-corrected chi connectivity index (χ0v) is 16.6. The van der Waals surface area contributed by atoms with E-state index in [9.17, 15) is 13.6 Å². The third kappa shape index (κ3) is 4.95. The van der Waals surface area contributed by atoms with Crippen LogP contribution in [-0.4, -0.2) is 47.1 Å². The number of anilines is 2. The van der Waals surface area contributed by atoms with Crippen molar-refractivity contribution >= 4 is 23.2 Å². The van der Waals surface area contributed by atoms with Crippen LogP contribution in [0, 0.1) is 0 Å². The van der Waals surface area contributed by atoms with Crippen molar-refractivity contribution in [2.24, 2.45) is 0 Å². The molecule has 0 radical (unpaired) electrons. The van der Waals surface area contributed by atoms with Gasteiger partial charge in [-0.2, -0.15) is 0 Å². The van der Waals surface area contributed by atoms with Gasteiger partial charge in [0.15, 0.2) is 0 Å². The molecule has 0 amide bonds. The Kier molecular flexibility index (Phi) is 5.93. The zero-order valence-electron chi connectivity index (χ0n) is 16.6. The molecule has 1 aliphatic rings. The van der Waals surface area contributed by atoms with Gasteiger partial charge < -0.3 is 16.0 Å². The summed E-state index contributed by atoms with van der Waals surface area (Å²) >= 11 is 0. The van der Waals surface area contributed by atoms with Crippen LogP contribution in [0.1, 0.15) is 41.9 Å². The van der Waals surface area contributed by atoms with E-state index < -0.39 is 17.3 Å². The van der Waals surface area contributed by atoms with Gasteiger partial charge in [0.1, 0.15) is 28.8 Å². The standard InChI is InChI=1S/C21H25F2N5O/c1-13(22)15-6-7-17(28-10-9-25-14(12-28)11-21(2,3)23)27-18(15)19(29)16-5-4-8-26-20(16)24/h4-8,14,25H,1,9-12H2,2-3H3,(H2,24,26). The molecule has 29 heavy (non-hydrogen) atoms. The minimum atomic E-state index is -1.30. The minimum Gasteiger partial charge on any atom is -0.383 e. The summed E-state index contributed by atoms with van der Waals surface area (Å²) < 4.78 is 28.0. The molecule has 1 aliphatic heterocycles. The second-order valence-electron chi connectivity index (χ2n) is 7.76. The first kappa shape index (κ1) is 20.9. The lowest BCUT2D eigenvalue weighted by Crippen LogP contribution is -2.52. The van der Waals surface area contributed by atoms with Gasteiger partial charge in [-0.15, -0.1) is 0 Å². The largest absolute Gasteiger partial charge is 0.383 e. The Bertz CT molecular complexity index is 926. The number of nitrogen functional groups attached to an aromatic ring is 1. The molecule has 0 aromatic carbocycles. The van der Waals surface area contributed by atoms with E-state index in [-0.39, 0.29) is 28.7 Å². The topological polar surface area (TPSA) is 84.1 Å². The van der Waals surface area contributed by atoms with Crippen molar-refractivity contribution < 1.29 is 13.6 Å². The molecule has 3 rings (SSSR count). The molecule has 1 atom stereocenters. The van der Waals surface area contributed by atoms with Crippen LogP contribution in [0.2, 0.25) is 0 Å². The Morgan fingerprint density at radius 1 is 1.38 bits per heavy atom. The van der Waals surface area contributed by atoms with Crippen molar-refractivity contribution in [3.8, 4) is 0 Å². The summed E-state index contributed by atoms with van der Waals surface area (Å²) in [7, 11) is 0. The summed E-state index contributed by atoms with van der Waals surface area (Å²) in [5, 5.41) is 3.30. The highest BCUT2D eigenvalue weighted by molar-refractivity contribution is 6.12. The van der Waals surface area contributed by atoms with Gasteiger partial charge >= 0.3 is 0 Å². The maximum atomic E-state index is 14.1. The van der Waals surface area contributed by atoms with E-state index in [0.29, 0.717) is 31.9 Å². The average Bonchev–Trinajstić information content (AvgIpc) is 2.66. The highest BCUT2D eigenvalue weighted by atomic mass is 19.1. The van der Waals surface area contributed by atoms with Crippen LogP contribution in [0.3, 0.4) is 0 Å². The van der Waals surface area contributed by atoms with E-state index in [1.165, 1.54) is 18.3 Å². The third-order valence-electron chi connectivity index (χ3n) is 4.78. The number of halogens is 2. The summed E-state index contributed by atoms with van der Waals surface area (Å²) in [6, 6.07) is 6.17. The first-order chi connectivity index (χ1) is 13.7. The van der Waals surface area contributed by atoms with E-state index in [4.69, 9.17) is 5.73 Å². The fourth-order valence-electron chi connectivity index (χ4n) is 3.51. The molecule has 0 aliphatic carbocycles. The quantitative estimate of drug-likeness (QED) is 0.724. The van der Waals surface area contributed by atoms with E-state index in [1.807, 2.05) is 4.90 Å². The Hall–Kier alpha value is -2.87. The van der Waals surface area contributed by atoms with Gasteiger partial charge in [0.2, 0.25) is 5.78 Å². The number of piperazine rings is 1. The lowest BCUT2D eigenvalue weighted by atomic mass is 9.99. The van der Waals surface area contributed by atoms with Gasteiger partial charge in [-0.3, -0.25) is 4.79 Å². The molecule has 1 fully saturated rings. The number of carbonyl (C=O) groups is 1. The molecule has 154 valence electrons. The van der Waals surface area contributed by atoms with Gasteiger partial charge in [-0.1, -0.05) is 6.58 Å². The van der Waals surface area contributed by atoms with Gasteiger partial charge in [0.25, 0.3) is 0 Å². The number of aromatic nitrogens is 2. The van der Waals surface area contributed by atoms with Crippen molar-refractivity contribution in [3.63, 3.8) is 0 Å². The number of nitrogens with one attached hydrogen (secondary N) is 1. The molecule has 2 aromatic heterocycles. The smallest absolute Gasteiger partial charge is 0.215 e. The Labute approximate surface area is 168 Å². The van der Waals surface area contributed by atoms with Crippen LogP contribution in [0.25, 0.3) is 5.83 Å². The molecule has 1 saturated heterocycles. The molecule has 0 saturated carbocycles.